The van der Waals surface area contributed by atoms with Crippen LogP contribution in [-0.2, 0) is 19.1 Å². The van der Waals surface area contributed by atoms with Gasteiger partial charge in [-0.25, -0.2) is 9.36 Å². The fraction of sp³-hybridized carbons (Fsp3) is 0.353. The molecule has 0 aliphatic rings. The maximum atomic E-state index is 13.8. The van der Waals surface area contributed by atoms with Crippen LogP contribution in [0.1, 0.15) is 21.6 Å². The van der Waals surface area contributed by atoms with Gasteiger partial charge >= 0.3 is 24.5 Å². The third-order valence-corrected chi connectivity index (χ3v) is 5.83. The highest BCUT2D eigenvalue weighted by Crippen LogP contribution is 2.49. The summed E-state index contributed by atoms with van der Waals surface area (Å²) in [7, 11) is 0.687. The van der Waals surface area contributed by atoms with Gasteiger partial charge in [0.2, 0.25) is 0 Å². The predicted molar refractivity (Wildman–Crippen MR) is 102 cm³/mol. The topological polar surface area (TPSA) is 64.7 Å². The Hall–Kier alpha value is -2.89. The number of aryl methyl sites for hydroxylation is 1. The zero-order chi connectivity index (χ0) is 27.4. The highest BCUT2D eigenvalue weighted by atomic mass is 35.5. The largest absolute Gasteiger partial charge is 0.459 e. The van der Waals surface area contributed by atoms with Crippen molar-refractivity contribution in [2.75, 3.05) is 6.54 Å². The van der Waals surface area contributed by atoms with Crippen molar-refractivity contribution in [2.45, 2.75) is 24.5 Å². The molecule has 1 amide bonds. The molecule has 0 saturated heterocycles. The van der Waals surface area contributed by atoms with Crippen molar-refractivity contribution in [1.29, 1.82) is 0 Å². The zero-order valence-electron chi connectivity index (χ0n) is 17.1. The monoisotopic (exact) mass is 575 g/mol. The standard InChI is InChI=1S/C17H9ClF11N5OS/c1-33-13(9(16(24,25)26)10(32-33)15(22,23)17(27,28)29)34-4-6(3-31-34)8-2-7(11(18)36-8)12(35)30-5-14(19,20)21/h2-4H,5H2,1H3,(H,30,35). The van der Waals surface area contributed by atoms with Crippen LogP contribution in [0, 0.1) is 0 Å². The van der Waals surface area contributed by atoms with Gasteiger partial charge in [-0.2, -0.15) is 58.5 Å². The highest BCUT2D eigenvalue weighted by Gasteiger charge is 2.64. The molecule has 0 bridgehead atoms. The molecule has 0 unspecified atom stereocenters. The number of carbonyl (C=O) groups excluding carboxylic acids is 1. The molecule has 0 saturated carbocycles. The maximum absolute atomic E-state index is 13.8. The molecular formula is C17H9ClF11N5OS. The van der Waals surface area contributed by atoms with Gasteiger partial charge in [0.05, 0.1) is 11.8 Å². The quantitative estimate of drug-likeness (QED) is 0.382. The smallest absolute Gasteiger partial charge is 0.343 e. The minimum atomic E-state index is -6.38. The van der Waals surface area contributed by atoms with E-state index in [-0.39, 0.29) is 19.5 Å². The van der Waals surface area contributed by atoms with Crippen molar-refractivity contribution in [3.8, 4) is 16.3 Å². The Morgan fingerprint density at radius 3 is 2.22 bits per heavy atom. The molecule has 0 aromatic carbocycles. The highest BCUT2D eigenvalue weighted by molar-refractivity contribution is 7.19. The molecular weight excluding hydrogens is 567 g/mol. The molecule has 3 aromatic rings. The lowest BCUT2D eigenvalue weighted by Crippen LogP contribution is -2.36. The van der Waals surface area contributed by atoms with Gasteiger partial charge in [0, 0.05) is 23.7 Å². The van der Waals surface area contributed by atoms with Crippen molar-refractivity contribution < 1.29 is 53.1 Å². The molecule has 0 spiro atoms. The van der Waals surface area contributed by atoms with Crippen LogP contribution in [0.25, 0.3) is 16.3 Å². The fourth-order valence-corrected chi connectivity index (χ4v) is 4.14. The van der Waals surface area contributed by atoms with Crippen LogP contribution in [0.5, 0.6) is 0 Å². The predicted octanol–water partition coefficient (Wildman–Crippen LogP) is 5.95. The summed E-state index contributed by atoms with van der Waals surface area (Å²) < 4.78 is 144. The number of hydrogen-bond acceptors (Lipinski definition) is 4. The van der Waals surface area contributed by atoms with Crippen LogP contribution in [-0.4, -0.2) is 44.4 Å². The Kier molecular flexibility index (Phi) is 6.84. The van der Waals surface area contributed by atoms with Gasteiger partial charge < -0.3 is 5.32 Å². The Bertz CT molecular complexity index is 1290. The molecule has 36 heavy (non-hydrogen) atoms. The van der Waals surface area contributed by atoms with Gasteiger partial charge in [0.15, 0.2) is 11.5 Å². The number of nitrogens with one attached hydrogen (secondary N) is 1. The molecule has 0 fully saturated rings. The Morgan fingerprint density at radius 2 is 1.69 bits per heavy atom. The van der Waals surface area contributed by atoms with Crippen LogP contribution in [0.15, 0.2) is 18.5 Å². The number of hydrogen-bond donors (Lipinski definition) is 1. The van der Waals surface area contributed by atoms with E-state index in [9.17, 15) is 53.1 Å². The first kappa shape index (κ1) is 27.7. The Morgan fingerprint density at radius 1 is 1.08 bits per heavy atom. The molecule has 3 rings (SSSR count). The van der Waals surface area contributed by atoms with E-state index in [4.69, 9.17) is 11.6 Å². The molecule has 0 atom stereocenters. The second-order valence-electron chi connectivity index (χ2n) is 7.01. The molecule has 0 radical (unpaired) electrons. The van der Waals surface area contributed by atoms with E-state index in [0.717, 1.165) is 18.5 Å². The summed E-state index contributed by atoms with van der Waals surface area (Å²) in [4.78, 5) is 12.0. The molecule has 3 heterocycles. The molecule has 3 aromatic heterocycles. The molecule has 6 nitrogen and oxygen atoms in total. The molecule has 0 aliphatic carbocycles. The van der Waals surface area contributed by atoms with E-state index < -0.39 is 59.5 Å². The lowest BCUT2D eigenvalue weighted by Gasteiger charge is -2.19. The minimum Gasteiger partial charge on any atom is -0.343 e. The summed E-state index contributed by atoms with van der Waals surface area (Å²) in [6.45, 7) is -1.67. The lowest BCUT2D eigenvalue weighted by molar-refractivity contribution is -0.292. The normalized spacial score (nSPS) is 13.4. The molecule has 19 heteroatoms. The summed E-state index contributed by atoms with van der Waals surface area (Å²) in [5.74, 6) is -8.44. The van der Waals surface area contributed by atoms with Crippen LogP contribution >= 0.6 is 22.9 Å². The number of halogens is 12. The average Bonchev–Trinajstić information content (AvgIpc) is 3.40. The number of aromatic nitrogens is 4. The SMILES string of the molecule is Cn1nc(C(F)(F)C(F)(F)F)c(C(F)(F)F)c1-n1cc(-c2cc(C(=O)NCC(F)(F)F)c(Cl)s2)cn1. The van der Waals surface area contributed by atoms with E-state index in [2.05, 4.69) is 10.2 Å². The summed E-state index contributed by atoms with van der Waals surface area (Å²) in [6.07, 6.45) is -15.2. The van der Waals surface area contributed by atoms with E-state index in [1.54, 1.807) is 5.32 Å². The van der Waals surface area contributed by atoms with Crippen LogP contribution in [0.2, 0.25) is 4.34 Å². The van der Waals surface area contributed by atoms with Gasteiger partial charge in [-0.05, 0) is 6.07 Å². The number of thiophene rings is 1. The summed E-state index contributed by atoms with van der Waals surface area (Å²) in [5, 5.41) is 7.88. The summed E-state index contributed by atoms with van der Waals surface area (Å²) in [6, 6.07) is 0.997. The maximum Gasteiger partial charge on any atom is 0.459 e. The lowest BCUT2D eigenvalue weighted by atomic mass is 10.1. The van der Waals surface area contributed by atoms with Crippen molar-refractivity contribution in [3.05, 3.63) is 39.6 Å². The molecule has 1 N–H and O–H groups in total. The van der Waals surface area contributed by atoms with Crippen molar-refractivity contribution in [3.63, 3.8) is 0 Å². The van der Waals surface area contributed by atoms with E-state index in [1.807, 2.05) is 0 Å². The van der Waals surface area contributed by atoms with Crippen molar-refractivity contribution >= 4 is 28.8 Å². The molecule has 0 aliphatic heterocycles. The first-order valence-electron chi connectivity index (χ1n) is 9.03. The van der Waals surface area contributed by atoms with Crippen molar-refractivity contribution in [2.24, 2.45) is 7.05 Å². The average molecular weight is 576 g/mol. The summed E-state index contributed by atoms with van der Waals surface area (Å²) in [5.41, 5.74) is -5.47. The third kappa shape index (κ3) is 5.28. The van der Waals surface area contributed by atoms with Crippen LogP contribution in [0.4, 0.5) is 48.3 Å². The van der Waals surface area contributed by atoms with Gasteiger partial charge in [0.25, 0.3) is 5.91 Å². The second kappa shape index (κ2) is 8.89. The number of amides is 1. The third-order valence-electron chi connectivity index (χ3n) is 4.42. The van der Waals surface area contributed by atoms with Crippen LogP contribution in [0.3, 0.4) is 0 Å². The first-order chi connectivity index (χ1) is 16.2. The van der Waals surface area contributed by atoms with E-state index >= 15 is 0 Å². The Labute approximate surface area is 201 Å². The van der Waals surface area contributed by atoms with Crippen molar-refractivity contribution in [1.82, 2.24) is 24.9 Å². The fourth-order valence-electron chi connectivity index (χ4n) is 2.90. The van der Waals surface area contributed by atoms with E-state index in [1.165, 1.54) is 0 Å². The van der Waals surface area contributed by atoms with Gasteiger partial charge in [-0.15, -0.1) is 11.3 Å². The zero-order valence-corrected chi connectivity index (χ0v) is 18.7. The van der Waals surface area contributed by atoms with Crippen LogP contribution < -0.4 is 5.32 Å². The number of alkyl halides is 11. The summed E-state index contributed by atoms with van der Waals surface area (Å²) >= 11 is 6.49. The number of rotatable bonds is 5. The van der Waals surface area contributed by atoms with Gasteiger partial charge in [-0.1, -0.05) is 11.6 Å². The molecule has 198 valence electrons. The Balaban J connectivity index is 2.05. The minimum absolute atomic E-state index is 0.0139. The first-order valence-corrected chi connectivity index (χ1v) is 10.2. The number of carbonyl (C=O) groups is 1. The van der Waals surface area contributed by atoms with Gasteiger partial charge in [-0.3, -0.25) is 4.79 Å². The second-order valence-corrected chi connectivity index (χ2v) is 8.66. The number of nitrogens with zero attached hydrogens (tertiary/aromatic N) is 4. The van der Waals surface area contributed by atoms with E-state index in [0.29, 0.717) is 23.1 Å². The van der Waals surface area contributed by atoms with Gasteiger partial charge in [0.1, 0.15) is 16.4 Å².